The highest BCUT2D eigenvalue weighted by molar-refractivity contribution is 6.19. The molecule has 5 heteroatoms. The molecule has 2 N–H and O–H groups in total. The molecule has 1 saturated carbocycles. The molecule has 0 heterocycles. The van der Waals surface area contributed by atoms with Gasteiger partial charge in [0.15, 0.2) is 0 Å². The molecule has 0 saturated heterocycles. The zero-order valence-electron chi connectivity index (χ0n) is 8.72. The van der Waals surface area contributed by atoms with E-state index >= 15 is 0 Å². The highest BCUT2D eigenvalue weighted by Gasteiger charge is 2.16. The lowest BCUT2D eigenvalue weighted by Gasteiger charge is -2.10. The van der Waals surface area contributed by atoms with Gasteiger partial charge >= 0.3 is 6.03 Å². The molecule has 0 aromatic heterocycles. The van der Waals surface area contributed by atoms with E-state index in [-0.39, 0.29) is 18.2 Å². The van der Waals surface area contributed by atoms with Crippen molar-refractivity contribution in [3.8, 4) is 0 Å². The molecule has 0 spiro atoms. The topological polar surface area (TPSA) is 58.2 Å². The van der Waals surface area contributed by atoms with E-state index in [0.29, 0.717) is 12.5 Å². The molecular formula is C10H17ClN2O2. The van der Waals surface area contributed by atoms with Gasteiger partial charge in [-0.3, -0.25) is 10.1 Å². The molecule has 4 nitrogen and oxygen atoms in total. The number of carbonyl (C=O) groups excluding carboxylic acids is 2. The number of imide groups is 1. The van der Waals surface area contributed by atoms with E-state index < -0.39 is 6.03 Å². The van der Waals surface area contributed by atoms with Crippen molar-refractivity contribution in [2.45, 2.75) is 32.1 Å². The van der Waals surface area contributed by atoms with Gasteiger partial charge in [-0.15, -0.1) is 11.6 Å². The maximum absolute atomic E-state index is 11.2. The van der Waals surface area contributed by atoms with Crippen LogP contribution < -0.4 is 10.6 Å². The summed E-state index contributed by atoms with van der Waals surface area (Å²) in [6, 6.07) is -0.406. The van der Waals surface area contributed by atoms with Crippen molar-refractivity contribution in [1.29, 1.82) is 0 Å². The van der Waals surface area contributed by atoms with Gasteiger partial charge in [0.2, 0.25) is 5.91 Å². The third-order valence-corrected chi connectivity index (χ3v) is 2.79. The van der Waals surface area contributed by atoms with E-state index in [0.717, 1.165) is 0 Å². The number of halogens is 1. The van der Waals surface area contributed by atoms with Gasteiger partial charge in [-0.2, -0.15) is 0 Å². The largest absolute Gasteiger partial charge is 0.338 e. The fraction of sp³-hybridized carbons (Fsp3) is 0.800. The van der Waals surface area contributed by atoms with Crippen LogP contribution in [0.25, 0.3) is 0 Å². The Morgan fingerprint density at radius 1 is 1.27 bits per heavy atom. The van der Waals surface area contributed by atoms with Crippen LogP contribution in [0.1, 0.15) is 32.1 Å². The van der Waals surface area contributed by atoms with Crippen LogP contribution in [-0.2, 0) is 4.79 Å². The Hall–Kier alpha value is -0.770. The summed E-state index contributed by atoms with van der Waals surface area (Å²) < 4.78 is 0. The van der Waals surface area contributed by atoms with Crippen LogP contribution in [0.15, 0.2) is 0 Å². The minimum Gasteiger partial charge on any atom is -0.338 e. The van der Waals surface area contributed by atoms with Gasteiger partial charge in [0.25, 0.3) is 0 Å². The van der Waals surface area contributed by atoms with Crippen LogP contribution in [0.2, 0.25) is 0 Å². The first-order valence-corrected chi connectivity index (χ1v) is 5.89. The Labute approximate surface area is 94.7 Å². The summed E-state index contributed by atoms with van der Waals surface area (Å²) in [5, 5.41) is 4.93. The molecule has 1 rings (SSSR count). The van der Waals surface area contributed by atoms with Crippen LogP contribution in [0.3, 0.4) is 0 Å². The first-order valence-electron chi connectivity index (χ1n) is 5.36. The molecule has 0 aromatic carbocycles. The average molecular weight is 233 g/mol. The predicted molar refractivity (Wildman–Crippen MR) is 58.8 cm³/mol. The molecular weight excluding hydrogens is 216 g/mol. The zero-order chi connectivity index (χ0) is 11.1. The Morgan fingerprint density at radius 2 is 1.93 bits per heavy atom. The van der Waals surface area contributed by atoms with Gasteiger partial charge in [0.1, 0.15) is 0 Å². The summed E-state index contributed by atoms with van der Waals surface area (Å²) in [5.74, 6) is 0.495. The second-order valence-corrected chi connectivity index (χ2v) is 4.23. The molecule has 0 aromatic rings. The van der Waals surface area contributed by atoms with Crippen molar-refractivity contribution in [3.05, 3.63) is 0 Å². The fourth-order valence-electron chi connectivity index (χ4n) is 1.77. The minimum absolute atomic E-state index is 0.179. The quantitative estimate of drug-likeness (QED) is 0.724. The SMILES string of the molecule is O=C(CCCl)NC(=O)NCC1CCCC1. The number of hydrogen-bond acceptors (Lipinski definition) is 2. The molecule has 1 aliphatic rings. The highest BCUT2D eigenvalue weighted by atomic mass is 35.5. The molecule has 0 atom stereocenters. The number of hydrogen-bond donors (Lipinski definition) is 2. The normalized spacial score (nSPS) is 16.3. The number of urea groups is 1. The van der Waals surface area contributed by atoms with Gasteiger partial charge in [-0.25, -0.2) is 4.79 Å². The van der Waals surface area contributed by atoms with E-state index in [4.69, 9.17) is 11.6 Å². The monoisotopic (exact) mass is 232 g/mol. The molecule has 1 fully saturated rings. The second kappa shape index (κ2) is 6.67. The lowest BCUT2D eigenvalue weighted by atomic mass is 10.1. The van der Waals surface area contributed by atoms with Crippen LogP contribution in [0.4, 0.5) is 4.79 Å². The van der Waals surface area contributed by atoms with E-state index in [9.17, 15) is 9.59 Å². The Morgan fingerprint density at radius 3 is 2.53 bits per heavy atom. The Kier molecular flexibility index (Phi) is 5.47. The van der Waals surface area contributed by atoms with Crippen LogP contribution in [-0.4, -0.2) is 24.4 Å². The lowest BCUT2D eigenvalue weighted by Crippen LogP contribution is -2.41. The molecule has 0 unspecified atom stereocenters. The molecule has 0 bridgehead atoms. The van der Waals surface area contributed by atoms with Crippen LogP contribution in [0, 0.1) is 5.92 Å². The summed E-state index contributed by atoms with van der Waals surface area (Å²) in [5.41, 5.74) is 0. The van der Waals surface area contributed by atoms with Crippen molar-refractivity contribution < 1.29 is 9.59 Å². The summed E-state index contributed by atoms with van der Waals surface area (Å²) in [4.78, 5) is 22.2. The van der Waals surface area contributed by atoms with E-state index in [1.807, 2.05) is 0 Å². The second-order valence-electron chi connectivity index (χ2n) is 3.85. The molecule has 1 aliphatic carbocycles. The van der Waals surface area contributed by atoms with Gasteiger partial charge in [-0.05, 0) is 18.8 Å². The third kappa shape index (κ3) is 5.02. The molecule has 0 radical (unpaired) electrons. The van der Waals surface area contributed by atoms with Crippen molar-refractivity contribution in [1.82, 2.24) is 10.6 Å². The predicted octanol–water partition coefficient (Wildman–Crippen LogP) is 1.63. The summed E-state index contributed by atoms with van der Waals surface area (Å²) in [6.45, 7) is 0.667. The Balaban J connectivity index is 2.09. The number of alkyl halides is 1. The zero-order valence-corrected chi connectivity index (χ0v) is 9.48. The Bertz CT molecular complexity index is 227. The number of amides is 3. The molecule has 86 valence electrons. The molecule has 0 aliphatic heterocycles. The summed E-state index contributed by atoms with van der Waals surface area (Å²) >= 11 is 5.37. The van der Waals surface area contributed by atoms with E-state index in [1.54, 1.807) is 0 Å². The third-order valence-electron chi connectivity index (χ3n) is 2.60. The van der Waals surface area contributed by atoms with Crippen molar-refractivity contribution in [3.63, 3.8) is 0 Å². The number of nitrogens with one attached hydrogen (secondary N) is 2. The highest BCUT2D eigenvalue weighted by Crippen LogP contribution is 2.23. The number of rotatable bonds is 4. The van der Waals surface area contributed by atoms with Crippen LogP contribution in [0.5, 0.6) is 0 Å². The van der Waals surface area contributed by atoms with Gasteiger partial charge in [0.05, 0.1) is 0 Å². The van der Waals surface area contributed by atoms with Gasteiger partial charge in [-0.1, -0.05) is 12.8 Å². The van der Waals surface area contributed by atoms with Crippen molar-refractivity contribution in [2.24, 2.45) is 5.92 Å². The first kappa shape index (κ1) is 12.3. The van der Waals surface area contributed by atoms with Gasteiger partial charge in [0, 0.05) is 18.8 Å². The maximum Gasteiger partial charge on any atom is 0.321 e. The van der Waals surface area contributed by atoms with Crippen molar-refractivity contribution in [2.75, 3.05) is 12.4 Å². The van der Waals surface area contributed by atoms with E-state index in [2.05, 4.69) is 10.6 Å². The average Bonchev–Trinajstić information content (AvgIpc) is 2.67. The fourth-order valence-corrected chi connectivity index (χ4v) is 1.94. The van der Waals surface area contributed by atoms with E-state index in [1.165, 1.54) is 25.7 Å². The standard InChI is InChI=1S/C10H17ClN2O2/c11-6-5-9(14)13-10(15)12-7-8-3-1-2-4-8/h8H,1-7H2,(H2,12,13,14,15). The maximum atomic E-state index is 11.2. The van der Waals surface area contributed by atoms with Crippen molar-refractivity contribution >= 4 is 23.5 Å². The summed E-state index contributed by atoms with van der Waals surface area (Å²) in [7, 11) is 0. The van der Waals surface area contributed by atoms with Crippen LogP contribution >= 0.6 is 11.6 Å². The number of carbonyl (C=O) groups is 2. The molecule has 15 heavy (non-hydrogen) atoms. The molecule has 3 amide bonds. The first-order chi connectivity index (χ1) is 7.22. The summed E-state index contributed by atoms with van der Waals surface area (Å²) in [6.07, 6.45) is 5.03. The van der Waals surface area contributed by atoms with Gasteiger partial charge < -0.3 is 5.32 Å². The minimum atomic E-state index is -0.406. The lowest BCUT2D eigenvalue weighted by molar-refractivity contribution is -0.119. The smallest absolute Gasteiger partial charge is 0.321 e.